The van der Waals surface area contributed by atoms with E-state index in [2.05, 4.69) is 55.5 Å². The SMILES string of the molecule is CC12C=CC3=C1C(C=CC=C3)C=C2. The van der Waals surface area contributed by atoms with Gasteiger partial charge in [0, 0.05) is 11.3 Å². The summed E-state index contributed by atoms with van der Waals surface area (Å²) in [5.41, 5.74) is 3.17. The highest BCUT2D eigenvalue weighted by Gasteiger charge is 2.37. The molecule has 0 aromatic rings. The van der Waals surface area contributed by atoms with Crippen molar-refractivity contribution in [3.63, 3.8) is 0 Å². The van der Waals surface area contributed by atoms with Gasteiger partial charge in [-0.1, -0.05) is 48.6 Å². The zero-order valence-electron chi connectivity index (χ0n) is 7.70. The third-order valence-electron chi connectivity index (χ3n) is 3.19. The molecule has 0 bridgehead atoms. The third-order valence-corrected chi connectivity index (χ3v) is 3.19. The summed E-state index contributed by atoms with van der Waals surface area (Å²) in [6.07, 6.45) is 17.9. The van der Waals surface area contributed by atoms with Crippen molar-refractivity contribution in [1.82, 2.24) is 0 Å². The van der Waals surface area contributed by atoms with Crippen LogP contribution in [0.15, 0.2) is 59.8 Å². The standard InChI is InChI=1S/C13H12/c1-13-8-6-10-4-2-3-5-11(7-9-13)12(10)13/h2-10H,1H3. The van der Waals surface area contributed by atoms with Crippen molar-refractivity contribution >= 4 is 0 Å². The van der Waals surface area contributed by atoms with Crippen LogP contribution in [-0.2, 0) is 0 Å². The van der Waals surface area contributed by atoms with E-state index in [1.54, 1.807) is 5.57 Å². The topological polar surface area (TPSA) is 0 Å². The van der Waals surface area contributed by atoms with Crippen molar-refractivity contribution in [3.05, 3.63) is 59.8 Å². The molecule has 0 amide bonds. The van der Waals surface area contributed by atoms with Crippen molar-refractivity contribution in [2.45, 2.75) is 6.92 Å². The first-order valence-corrected chi connectivity index (χ1v) is 4.78. The van der Waals surface area contributed by atoms with Crippen molar-refractivity contribution in [1.29, 1.82) is 0 Å². The van der Waals surface area contributed by atoms with Crippen LogP contribution in [0.5, 0.6) is 0 Å². The van der Waals surface area contributed by atoms with Crippen molar-refractivity contribution in [2.24, 2.45) is 11.3 Å². The van der Waals surface area contributed by atoms with Gasteiger partial charge in [0.2, 0.25) is 0 Å². The van der Waals surface area contributed by atoms with Gasteiger partial charge in [0.05, 0.1) is 0 Å². The molecule has 0 aromatic heterocycles. The second kappa shape index (κ2) is 2.14. The highest BCUT2D eigenvalue weighted by atomic mass is 14.4. The number of allylic oxidation sites excluding steroid dienone is 10. The first-order chi connectivity index (χ1) is 6.30. The smallest absolute Gasteiger partial charge is 0.0264 e. The summed E-state index contributed by atoms with van der Waals surface area (Å²) in [6, 6.07) is 0. The summed E-state index contributed by atoms with van der Waals surface area (Å²) in [5, 5.41) is 0. The summed E-state index contributed by atoms with van der Waals surface area (Å²) in [6.45, 7) is 2.29. The molecule has 0 aromatic carbocycles. The minimum absolute atomic E-state index is 0.207. The molecule has 0 saturated heterocycles. The monoisotopic (exact) mass is 168 g/mol. The van der Waals surface area contributed by atoms with Crippen LogP contribution >= 0.6 is 0 Å². The lowest BCUT2D eigenvalue weighted by atomic mass is 9.84. The zero-order valence-corrected chi connectivity index (χ0v) is 7.70. The first-order valence-electron chi connectivity index (χ1n) is 4.78. The summed E-state index contributed by atoms with van der Waals surface area (Å²) >= 11 is 0. The molecule has 0 N–H and O–H groups in total. The molecule has 0 saturated carbocycles. The molecule has 64 valence electrons. The molecule has 0 spiro atoms. The molecule has 3 rings (SSSR count). The molecule has 13 heavy (non-hydrogen) atoms. The molecule has 0 heteroatoms. The van der Waals surface area contributed by atoms with E-state index >= 15 is 0 Å². The number of hydrogen-bond donors (Lipinski definition) is 0. The summed E-state index contributed by atoms with van der Waals surface area (Å²) in [5.74, 6) is 0.532. The van der Waals surface area contributed by atoms with E-state index in [1.165, 1.54) is 5.57 Å². The molecule has 0 aliphatic heterocycles. The Labute approximate surface area is 78.7 Å². The Hall–Kier alpha value is -1.30. The minimum Gasteiger partial charge on any atom is -0.0763 e. The molecule has 3 aliphatic rings. The molecule has 2 atom stereocenters. The van der Waals surface area contributed by atoms with Gasteiger partial charge < -0.3 is 0 Å². The predicted molar refractivity (Wildman–Crippen MR) is 55.2 cm³/mol. The van der Waals surface area contributed by atoms with Gasteiger partial charge in [0.25, 0.3) is 0 Å². The number of hydrogen-bond acceptors (Lipinski definition) is 0. The molecule has 0 fully saturated rings. The van der Waals surface area contributed by atoms with E-state index < -0.39 is 0 Å². The lowest BCUT2D eigenvalue weighted by Gasteiger charge is -2.19. The zero-order chi connectivity index (χ0) is 8.89. The quantitative estimate of drug-likeness (QED) is 0.487. The second-order valence-corrected chi connectivity index (χ2v) is 4.11. The van der Waals surface area contributed by atoms with E-state index in [0.717, 1.165) is 0 Å². The Balaban J connectivity index is 2.25. The molecular formula is C13H12. The lowest BCUT2D eigenvalue weighted by molar-refractivity contribution is 0.662. The fourth-order valence-corrected chi connectivity index (χ4v) is 2.50. The predicted octanol–water partition coefficient (Wildman–Crippen LogP) is 3.17. The van der Waals surface area contributed by atoms with Crippen LogP contribution in [0.4, 0.5) is 0 Å². The normalized spacial score (nSPS) is 38.7. The lowest BCUT2D eigenvalue weighted by Crippen LogP contribution is -2.09. The van der Waals surface area contributed by atoms with E-state index in [9.17, 15) is 0 Å². The van der Waals surface area contributed by atoms with Crippen LogP contribution in [0.2, 0.25) is 0 Å². The summed E-state index contributed by atoms with van der Waals surface area (Å²) in [4.78, 5) is 0. The summed E-state index contributed by atoms with van der Waals surface area (Å²) in [7, 11) is 0. The van der Waals surface area contributed by atoms with Crippen molar-refractivity contribution in [2.75, 3.05) is 0 Å². The molecule has 0 nitrogen and oxygen atoms in total. The van der Waals surface area contributed by atoms with Crippen molar-refractivity contribution in [3.8, 4) is 0 Å². The van der Waals surface area contributed by atoms with Crippen LogP contribution in [-0.4, -0.2) is 0 Å². The third kappa shape index (κ3) is 0.806. The Morgan fingerprint density at radius 3 is 2.92 bits per heavy atom. The average molecular weight is 168 g/mol. The molecule has 0 radical (unpaired) electrons. The van der Waals surface area contributed by atoms with Gasteiger partial charge >= 0.3 is 0 Å². The Morgan fingerprint density at radius 1 is 1.08 bits per heavy atom. The fourth-order valence-electron chi connectivity index (χ4n) is 2.50. The van der Waals surface area contributed by atoms with Gasteiger partial charge in [-0.25, -0.2) is 0 Å². The largest absolute Gasteiger partial charge is 0.0763 e. The van der Waals surface area contributed by atoms with E-state index in [-0.39, 0.29) is 5.41 Å². The van der Waals surface area contributed by atoms with Crippen LogP contribution in [0, 0.1) is 11.3 Å². The second-order valence-electron chi connectivity index (χ2n) is 4.11. The van der Waals surface area contributed by atoms with E-state index in [1.807, 2.05) is 0 Å². The van der Waals surface area contributed by atoms with Crippen molar-refractivity contribution < 1.29 is 0 Å². The molecule has 3 aliphatic carbocycles. The Morgan fingerprint density at radius 2 is 2.00 bits per heavy atom. The average Bonchev–Trinajstić information content (AvgIpc) is 2.51. The highest BCUT2D eigenvalue weighted by Crippen LogP contribution is 2.49. The van der Waals surface area contributed by atoms with Gasteiger partial charge in [0.15, 0.2) is 0 Å². The van der Waals surface area contributed by atoms with Gasteiger partial charge in [-0.15, -0.1) is 0 Å². The van der Waals surface area contributed by atoms with E-state index in [0.29, 0.717) is 5.92 Å². The molecule has 0 heterocycles. The Bertz CT molecular complexity index is 402. The maximum atomic E-state index is 2.32. The highest BCUT2D eigenvalue weighted by molar-refractivity contribution is 5.57. The van der Waals surface area contributed by atoms with Gasteiger partial charge in [-0.05, 0) is 18.1 Å². The minimum atomic E-state index is 0.207. The first kappa shape index (κ1) is 7.14. The molecule has 2 unspecified atom stereocenters. The number of rotatable bonds is 0. The van der Waals surface area contributed by atoms with E-state index in [4.69, 9.17) is 0 Å². The van der Waals surface area contributed by atoms with Crippen LogP contribution in [0.25, 0.3) is 0 Å². The molecular weight excluding hydrogens is 156 g/mol. The van der Waals surface area contributed by atoms with Gasteiger partial charge in [0.1, 0.15) is 0 Å². The van der Waals surface area contributed by atoms with Crippen LogP contribution < -0.4 is 0 Å². The van der Waals surface area contributed by atoms with Crippen LogP contribution in [0.3, 0.4) is 0 Å². The van der Waals surface area contributed by atoms with Crippen LogP contribution in [0.1, 0.15) is 6.92 Å². The maximum absolute atomic E-state index is 2.32. The Kier molecular flexibility index (Phi) is 1.17. The maximum Gasteiger partial charge on any atom is 0.0264 e. The fraction of sp³-hybridized carbons (Fsp3) is 0.231. The van der Waals surface area contributed by atoms with Gasteiger partial charge in [-0.2, -0.15) is 0 Å². The summed E-state index contributed by atoms with van der Waals surface area (Å²) < 4.78 is 0. The van der Waals surface area contributed by atoms with Gasteiger partial charge in [-0.3, -0.25) is 0 Å².